The summed E-state index contributed by atoms with van der Waals surface area (Å²) >= 11 is 3.43. The molecule has 0 saturated carbocycles. The van der Waals surface area contributed by atoms with Gasteiger partial charge in [0.05, 0.1) is 35.6 Å². The number of hydrogen-bond acceptors (Lipinski definition) is 8. The summed E-state index contributed by atoms with van der Waals surface area (Å²) in [6.45, 7) is 0.803. The Kier molecular flexibility index (Phi) is 7.54. The van der Waals surface area contributed by atoms with Crippen LogP contribution in [0, 0.1) is 0 Å². The largest absolute Gasteiger partial charge is 0.495 e. The summed E-state index contributed by atoms with van der Waals surface area (Å²) in [5, 5.41) is 13.6. The van der Waals surface area contributed by atoms with Crippen LogP contribution < -0.4 is 14.8 Å². The van der Waals surface area contributed by atoms with E-state index in [-0.39, 0.29) is 24.3 Å². The molecule has 38 heavy (non-hydrogen) atoms. The van der Waals surface area contributed by atoms with Crippen molar-refractivity contribution in [2.45, 2.75) is 19.4 Å². The molecule has 1 unspecified atom stereocenters. The van der Waals surface area contributed by atoms with Crippen molar-refractivity contribution in [1.82, 2.24) is 14.9 Å². The van der Waals surface area contributed by atoms with E-state index < -0.39 is 6.29 Å². The van der Waals surface area contributed by atoms with Crippen molar-refractivity contribution >= 4 is 33.5 Å². The van der Waals surface area contributed by atoms with Crippen molar-refractivity contribution in [2.24, 2.45) is 0 Å². The number of hydrogen-bond donors (Lipinski definition) is 2. The smallest absolute Gasteiger partial charge is 0.258 e. The normalized spacial score (nSPS) is 13.3. The van der Waals surface area contributed by atoms with Gasteiger partial charge in [-0.1, -0.05) is 48.5 Å². The minimum absolute atomic E-state index is 0.0983. The molecule has 194 valence electrons. The van der Waals surface area contributed by atoms with Crippen LogP contribution in [0.3, 0.4) is 0 Å². The Morgan fingerprint density at radius 1 is 1.11 bits per heavy atom. The highest BCUT2D eigenvalue weighted by Crippen LogP contribution is 2.36. The van der Waals surface area contributed by atoms with Gasteiger partial charge in [-0.15, -0.1) is 0 Å². The number of nitrogens with one attached hydrogen (secondary N) is 1. The first-order valence-corrected chi connectivity index (χ1v) is 12.6. The molecule has 1 aromatic heterocycles. The molecule has 2 heterocycles. The zero-order valence-electron chi connectivity index (χ0n) is 20.7. The van der Waals surface area contributed by atoms with Gasteiger partial charge in [0.2, 0.25) is 11.8 Å². The average molecular weight is 577 g/mol. The van der Waals surface area contributed by atoms with Crippen LogP contribution in [0.15, 0.2) is 77.4 Å². The lowest BCUT2D eigenvalue weighted by molar-refractivity contribution is -0.112. The number of aliphatic hydroxyl groups excluding tert-OH is 1. The van der Waals surface area contributed by atoms with Crippen LogP contribution in [0.2, 0.25) is 0 Å². The van der Waals surface area contributed by atoms with Crippen molar-refractivity contribution in [3.8, 4) is 17.4 Å². The van der Waals surface area contributed by atoms with E-state index in [1.807, 2.05) is 42.5 Å². The predicted octanol–water partition coefficient (Wildman–Crippen LogP) is 5.58. The minimum Gasteiger partial charge on any atom is -0.495 e. The summed E-state index contributed by atoms with van der Waals surface area (Å²) < 4.78 is 17.7. The summed E-state index contributed by atoms with van der Waals surface area (Å²) in [4.78, 5) is 23.0. The molecule has 0 spiro atoms. The van der Waals surface area contributed by atoms with E-state index in [9.17, 15) is 9.90 Å². The Morgan fingerprint density at radius 2 is 1.92 bits per heavy atom. The first-order valence-electron chi connectivity index (χ1n) is 11.8. The number of carbonyl (C=O) groups is 1. The van der Waals surface area contributed by atoms with Crippen LogP contribution in [0.1, 0.15) is 33.3 Å². The molecule has 1 amide bonds. The van der Waals surface area contributed by atoms with E-state index in [4.69, 9.17) is 14.2 Å². The fourth-order valence-electron chi connectivity index (χ4n) is 4.07. The number of halogens is 1. The Bertz CT molecular complexity index is 1470. The van der Waals surface area contributed by atoms with Crippen LogP contribution in [0.25, 0.3) is 0 Å². The van der Waals surface area contributed by atoms with Crippen molar-refractivity contribution < 1.29 is 24.1 Å². The second-order valence-corrected chi connectivity index (χ2v) is 9.49. The van der Waals surface area contributed by atoms with Crippen molar-refractivity contribution in [1.29, 1.82) is 0 Å². The monoisotopic (exact) mass is 576 g/mol. The van der Waals surface area contributed by atoms with Crippen molar-refractivity contribution in [3.63, 3.8) is 0 Å². The fraction of sp³-hybridized carbons (Fsp3) is 0.179. The van der Waals surface area contributed by atoms with E-state index in [1.165, 1.54) is 7.11 Å². The SMILES string of the molecule is COc1cc(C(O)OCc2ccccc2)ccc1Nc1ncc(Br)c(Oc2cccc3c2C(=O)N(C)C3)n1. The maximum atomic E-state index is 12.6. The lowest BCUT2D eigenvalue weighted by Gasteiger charge is -2.16. The van der Waals surface area contributed by atoms with Crippen LogP contribution in [0.4, 0.5) is 11.6 Å². The molecule has 0 saturated heterocycles. The zero-order chi connectivity index (χ0) is 26.6. The average Bonchev–Trinajstić information content (AvgIpc) is 3.23. The molecular formula is C28H25BrN4O5. The summed E-state index contributed by atoms with van der Waals surface area (Å²) in [5.74, 6) is 1.30. The summed E-state index contributed by atoms with van der Waals surface area (Å²) in [6, 6.07) is 20.3. The van der Waals surface area contributed by atoms with Crippen LogP contribution in [-0.2, 0) is 17.9 Å². The highest BCUT2D eigenvalue weighted by molar-refractivity contribution is 9.10. The number of anilines is 2. The number of rotatable bonds is 9. The fourth-order valence-corrected chi connectivity index (χ4v) is 4.34. The van der Waals surface area contributed by atoms with Gasteiger partial charge in [-0.25, -0.2) is 4.98 Å². The number of methoxy groups -OCH3 is 1. The van der Waals surface area contributed by atoms with Gasteiger partial charge in [-0.05, 0) is 45.3 Å². The number of nitrogens with zero attached hydrogens (tertiary/aromatic N) is 3. The molecule has 1 aliphatic heterocycles. The summed E-state index contributed by atoms with van der Waals surface area (Å²) in [6.07, 6.45) is 0.431. The van der Waals surface area contributed by atoms with Crippen LogP contribution in [0.5, 0.6) is 17.4 Å². The van der Waals surface area contributed by atoms with Crippen molar-refractivity contribution in [2.75, 3.05) is 19.5 Å². The second-order valence-electron chi connectivity index (χ2n) is 8.63. The van der Waals surface area contributed by atoms with E-state index in [1.54, 1.807) is 42.4 Å². The molecule has 0 fully saturated rings. The third-order valence-corrected chi connectivity index (χ3v) is 6.55. The molecule has 2 N–H and O–H groups in total. The lowest BCUT2D eigenvalue weighted by atomic mass is 10.1. The quantitative estimate of drug-likeness (QED) is 0.249. The van der Waals surface area contributed by atoms with E-state index in [2.05, 4.69) is 31.2 Å². The molecule has 4 aromatic rings. The highest BCUT2D eigenvalue weighted by atomic mass is 79.9. The molecule has 0 radical (unpaired) electrons. The predicted molar refractivity (Wildman–Crippen MR) is 145 cm³/mol. The molecule has 5 rings (SSSR count). The van der Waals surface area contributed by atoms with E-state index >= 15 is 0 Å². The number of benzene rings is 3. The highest BCUT2D eigenvalue weighted by Gasteiger charge is 2.28. The number of amides is 1. The number of aromatic nitrogens is 2. The Hall–Kier alpha value is -3.99. The zero-order valence-corrected chi connectivity index (χ0v) is 22.3. The Labute approximate surface area is 228 Å². The number of ether oxygens (including phenoxy) is 3. The van der Waals surface area contributed by atoms with Gasteiger partial charge in [0.1, 0.15) is 11.5 Å². The van der Waals surface area contributed by atoms with E-state index in [0.717, 1.165) is 11.1 Å². The summed E-state index contributed by atoms with van der Waals surface area (Å²) in [7, 11) is 3.28. The van der Waals surface area contributed by atoms with Gasteiger partial charge in [0.25, 0.3) is 5.91 Å². The van der Waals surface area contributed by atoms with Gasteiger partial charge >= 0.3 is 0 Å². The Balaban J connectivity index is 1.32. The van der Waals surface area contributed by atoms with Crippen molar-refractivity contribution in [3.05, 3.63) is 99.7 Å². The molecule has 9 nitrogen and oxygen atoms in total. The number of aliphatic hydroxyl groups is 1. The topological polar surface area (TPSA) is 106 Å². The first kappa shape index (κ1) is 25.7. The maximum absolute atomic E-state index is 12.6. The van der Waals surface area contributed by atoms with Crippen LogP contribution in [-0.4, -0.2) is 40.0 Å². The Morgan fingerprint density at radius 3 is 2.71 bits per heavy atom. The summed E-state index contributed by atoms with van der Waals surface area (Å²) in [5.41, 5.74) is 3.51. The molecule has 0 aliphatic carbocycles. The molecule has 1 atom stereocenters. The molecular weight excluding hydrogens is 552 g/mol. The molecule has 0 bridgehead atoms. The molecule has 3 aromatic carbocycles. The van der Waals surface area contributed by atoms with Gasteiger partial charge < -0.3 is 29.5 Å². The number of carbonyl (C=O) groups excluding carboxylic acids is 1. The minimum atomic E-state index is -1.13. The van der Waals surface area contributed by atoms with Gasteiger partial charge in [0, 0.05) is 19.2 Å². The molecule has 1 aliphatic rings. The number of fused-ring (bicyclic) bond motifs is 1. The van der Waals surface area contributed by atoms with Gasteiger partial charge in [-0.2, -0.15) is 4.98 Å². The van der Waals surface area contributed by atoms with Gasteiger partial charge in [-0.3, -0.25) is 4.79 Å². The lowest BCUT2D eigenvalue weighted by Crippen LogP contribution is -2.17. The van der Waals surface area contributed by atoms with Crippen LogP contribution >= 0.6 is 15.9 Å². The second kappa shape index (κ2) is 11.2. The standard InChI is InChI=1S/C28H25BrN4O5/c1-33-15-19-9-6-10-22(24(19)26(33)34)38-25-20(29)14-30-28(32-25)31-21-12-11-18(13-23(21)36-2)27(35)37-16-17-7-4-3-5-8-17/h3-14,27,35H,15-16H2,1-2H3,(H,30,31,32). The maximum Gasteiger partial charge on any atom is 0.258 e. The third-order valence-electron chi connectivity index (χ3n) is 6.01. The van der Waals surface area contributed by atoms with Gasteiger partial charge in [0.15, 0.2) is 6.29 Å². The third kappa shape index (κ3) is 5.47. The van der Waals surface area contributed by atoms with E-state index in [0.29, 0.717) is 39.3 Å². The first-order chi connectivity index (χ1) is 18.4. The molecule has 10 heteroatoms.